The summed E-state index contributed by atoms with van der Waals surface area (Å²) in [6.45, 7) is 5.28. The Balaban J connectivity index is 2.39. The summed E-state index contributed by atoms with van der Waals surface area (Å²) in [5.74, 6) is 0. The van der Waals surface area contributed by atoms with Crippen molar-refractivity contribution < 1.29 is 8.42 Å². The summed E-state index contributed by atoms with van der Waals surface area (Å²) in [6, 6.07) is 5.41. The Bertz CT molecular complexity index is 713. The van der Waals surface area contributed by atoms with E-state index in [2.05, 4.69) is 26.0 Å². The molecule has 2 aromatic rings. The molecule has 0 fully saturated rings. The smallest absolute Gasteiger partial charge is 0.262 e. The van der Waals surface area contributed by atoms with Crippen molar-refractivity contribution in [2.24, 2.45) is 0 Å². The van der Waals surface area contributed by atoms with E-state index < -0.39 is 10.0 Å². The minimum atomic E-state index is -3.59. The summed E-state index contributed by atoms with van der Waals surface area (Å²) in [5.41, 5.74) is 2.23. The summed E-state index contributed by atoms with van der Waals surface area (Å²) in [5, 5.41) is 6.80. The van der Waals surface area contributed by atoms with Crippen LogP contribution in [0.3, 0.4) is 0 Å². The maximum absolute atomic E-state index is 12.6. The number of sulfonamides is 1. The SMILES string of the molecule is CCNCc1cc(Br)c(C)c(S(=O)(=O)Nc2ccsc2)c1. The quantitative estimate of drug-likeness (QED) is 0.792. The number of hydrogen-bond donors (Lipinski definition) is 2. The molecule has 4 nitrogen and oxygen atoms in total. The number of halogens is 1. The third-order valence-electron chi connectivity index (χ3n) is 3.00. The van der Waals surface area contributed by atoms with Gasteiger partial charge < -0.3 is 5.32 Å². The molecule has 1 aromatic carbocycles. The minimum Gasteiger partial charge on any atom is -0.313 e. The van der Waals surface area contributed by atoms with Crippen LogP contribution >= 0.6 is 27.3 Å². The van der Waals surface area contributed by atoms with Crippen LogP contribution in [0.15, 0.2) is 38.3 Å². The zero-order valence-corrected chi connectivity index (χ0v) is 15.0. The number of anilines is 1. The highest BCUT2D eigenvalue weighted by molar-refractivity contribution is 9.10. The second kappa shape index (κ2) is 6.91. The lowest BCUT2D eigenvalue weighted by Gasteiger charge is -2.13. The molecule has 0 aliphatic carbocycles. The minimum absolute atomic E-state index is 0.302. The van der Waals surface area contributed by atoms with E-state index in [1.807, 2.05) is 18.4 Å². The first-order valence-corrected chi connectivity index (χ1v) is 9.70. The molecule has 7 heteroatoms. The summed E-state index contributed by atoms with van der Waals surface area (Å²) >= 11 is 4.89. The second-order valence-electron chi connectivity index (χ2n) is 4.60. The van der Waals surface area contributed by atoms with Crippen LogP contribution in [0.1, 0.15) is 18.1 Å². The van der Waals surface area contributed by atoms with Crippen LogP contribution in [0.5, 0.6) is 0 Å². The maximum Gasteiger partial charge on any atom is 0.262 e. The third kappa shape index (κ3) is 4.06. The largest absolute Gasteiger partial charge is 0.313 e. The summed E-state index contributed by atoms with van der Waals surface area (Å²) in [6.07, 6.45) is 0. The summed E-state index contributed by atoms with van der Waals surface area (Å²) in [7, 11) is -3.59. The first-order valence-electron chi connectivity index (χ1n) is 6.49. The topological polar surface area (TPSA) is 58.2 Å². The lowest BCUT2D eigenvalue weighted by molar-refractivity contribution is 0.600. The van der Waals surface area contributed by atoms with Crippen molar-refractivity contribution in [2.75, 3.05) is 11.3 Å². The first kappa shape index (κ1) is 16.5. The van der Waals surface area contributed by atoms with Gasteiger partial charge in [0.05, 0.1) is 10.6 Å². The van der Waals surface area contributed by atoms with Crippen LogP contribution in [0, 0.1) is 6.92 Å². The average Bonchev–Trinajstić information content (AvgIpc) is 2.91. The van der Waals surface area contributed by atoms with E-state index in [1.54, 1.807) is 24.4 Å². The van der Waals surface area contributed by atoms with Gasteiger partial charge in [-0.1, -0.05) is 22.9 Å². The molecule has 0 aliphatic rings. The molecule has 2 N–H and O–H groups in total. The highest BCUT2D eigenvalue weighted by Crippen LogP contribution is 2.27. The van der Waals surface area contributed by atoms with E-state index in [-0.39, 0.29) is 0 Å². The highest BCUT2D eigenvalue weighted by Gasteiger charge is 2.19. The third-order valence-corrected chi connectivity index (χ3v) is 6.01. The molecule has 0 aliphatic heterocycles. The van der Waals surface area contributed by atoms with Gasteiger partial charge in [-0.2, -0.15) is 11.3 Å². The van der Waals surface area contributed by atoms with Gasteiger partial charge in [-0.3, -0.25) is 4.72 Å². The van der Waals surface area contributed by atoms with Gasteiger partial charge >= 0.3 is 0 Å². The fraction of sp³-hybridized carbons (Fsp3) is 0.286. The Morgan fingerprint density at radius 1 is 1.33 bits per heavy atom. The molecule has 1 aromatic heterocycles. The van der Waals surface area contributed by atoms with Crippen LogP contribution in [-0.2, 0) is 16.6 Å². The van der Waals surface area contributed by atoms with Crippen molar-refractivity contribution in [3.05, 3.63) is 44.6 Å². The number of benzene rings is 1. The molecule has 2 rings (SSSR count). The number of hydrogen-bond acceptors (Lipinski definition) is 4. The maximum atomic E-state index is 12.6. The van der Waals surface area contributed by atoms with Gasteiger partial charge in [0.2, 0.25) is 0 Å². The Morgan fingerprint density at radius 2 is 2.10 bits per heavy atom. The van der Waals surface area contributed by atoms with Gasteiger partial charge in [-0.15, -0.1) is 0 Å². The zero-order valence-electron chi connectivity index (χ0n) is 11.8. The fourth-order valence-electron chi connectivity index (χ4n) is 1.89. The molecule has 0 bridgehead atoms. The van der Waals surface area contributed by atoms with Crippen molar-refractivity contribution in [2.45, 2.75) is 25.3 Å². The number of rotatable bonds is 6. The van der Waals surface area contributed by atoms with Crippen molar-refractivity contribution in [1.29, 1.82) is 0 Å². The molecule has 0 spiro atoms. The van der Waals surface area contributed by atoms with Gasteiger partial charge in [-0.05, 0) is 48.2 Å². The molecule has 0 atom stereocenters. The van der Waals surface area contributed by atoms with E-state index in [0.717, 1.165) is 16.6 Å². The first-order chi connectivity index (χ1) is 9.94. The Kier molecular flexibility index (Phi) is 5.43. The van der Waals surface area contributed by atoms with E-state index in [0.29, 0.717) is 22.7 Å². The monoisotopic (exact) mass is 388 g/mol. The van der Waals surface area contributed by atoms with Crippen LogP contribution in [-0.4, -0.2) is 15.0 Å². The number of nitrogens with one attached hydrogen (secondary N) is 2. The highest BCUT2D eigenvalue weighted by atomic mass is 79.9. The summed E-state index contributed by atoms with van der Waals surface area (Å²) in [4.78, 5) is 0.302. The predicted molar refractivity (Wildman–Crippen MR) is 91.4 cm³/mol. The molecule has 21 heavy (non-hydrogen) atoms. The Labute approximate surface area is 137 Å². The van der Waals surface area contributed by atoms with Gasteiger partial charge in [0, 0.05) is 16.4 Å². The molecular formula is C14H17BrN2O2S2. The standard InChI is InChI=1S/C14H17BrN2O2S2/c1-3-16-8-11-6-13(15)10(2)14(7-11)21(18,19)17-12-4-5-20-9-12/h4-7,9,16-17H,3,8H2,1-2H3. The van der Waals surface area contributed by atoms with E-state index in [9.17, 15) is 8.42 Å². The van der Waals surface area contributed by atoms with Gasteiger partial charge in [0.25, 0.3) is 10.0 Å². The second-order valence-corrected chi connectivity index (χ2v) is 7.88. The molecule has 1 heterocycles. The molecule has 0 radical (unpaired) electrons. The molecular weight excluding hydrogens is 372 g/mol. The molecule has 0 unspecified atom stereocenters. The Morgan fingerprint density at radius 3 is 2.71 bits per heavy atom. The van der Waals surface area contributed by atoms with Crippen molar-refractivity contribution in [3.8, 4) is 0 Å². The van der Waals surface area contributed by atoms with Gasteiger partial charge in [-0.25, -0.2) is 8.42 Å². The average molecular weight is 389 g/mol. The van der Waals surface area contributed by atoms with Crippen molar-refractivity contribution in [1.82, 2.24) is 5.32 Å². The van der Waals surface area contributed by atoms with Crippen molar-refractivity contribution >= 4 is 43.0 Å². The van der Waals surface area contributed by atoms with Gasteiger partial charge in [0.15, 0.2) is 0 Å². The van der Waals surface area contributed by atoms with E-state index in [1.165, 1.54) is 11.3 Å². The van der Waals surface area contributed by atoms with Crippen molar-refractivity contribution in [3.63, 3.8) is 0 Å². The molecule has 0 amide bonds. The van der Waals surface area contributed by atoms with E-state index in [4.69, 9.17) is 0 Å². The molecule has 0 saturated heterocycles. The zero-order chi connectivity index (χ0) is 15.5. The molecule has 114 valence electrons. The van der Waals surface area contributed by atoms with Crippen LogP contribution in [0.25, 0.3) is 0 Å². The van der Waals surface area contributed by atoms with Crippen LogP contribution in [0.4, 0.5) is 5.69 Å². The lowest BCUT2D eigenvalue weighted by Crippen LogP contribution is -2.16. The lowest BCUT2D eigenvalue weighted by atomic mass is 10.1. The van der Waals surface area contributed by atoms with Crippen LogP contribution < -0.4 is 10.0 Å². The number of thiophene rings is 1. The Hall–Kier alpha value is -0.890. The predicted octanol–water partition coefficient (Wildman–Crippen LogP) is 3.73. The van der Waals surface area contributed by atoms with E-state index >= 15 is 0 Å². The summed E-state index contributed by atoms with van der Waals surface area (Å²) < 4.78 is 28.5. The van der Waals surface area contributed by atoms with Crippen LogP contribution in [0.2, 0.25) is 0 Å². The molecule has 0 saturated carbocycles. The van der Waals surface area contributed by atoms with Gasteiger partial charge in [0.1, 0.15) is 0 Å². The normalized spacial score (nSPS) is 11.6. The fourth-order valence-corrected chi connectivity index (χ4v) is 4.56.